The largest absolute Gasteiger partial charge is 0.468 e. The predicted molar refractivity (Wildman–Crippen MR) is 67.9 cm³/mol. The van der Waals surface area contributed by atoms with Gasteiger partial charge in [0.25, 0.3) is 0 Å². The fraction of sp³-hybridized carbons (Fsp3) is 0.429. The lowest BCUT2D eigenvalue weighted by atomic mass is 9.95. The van der Waals surface area contributed by atoms with Gasteiger partial charge in [-0.3, -0.25) is 9.59 Å². The van der Waals surface area contributed by atoms with Crippen molar-refractivity contribution in [2.24, 2.45) is 5.92 Å². The van der Waals surface area contributed by atoms with E-state index in [-0.39, 0.29) is 5.78 Å². The summed E-state index contributed by atoms with van der Waals surface area (Å²) in [5.74, 6) is -1.33. The van der Waals surface area contributed by atoms with Crippen molar-refractivity contribution in [3.05, 3.63) is 35.9 Å². The number of hydrogen-bond donors (Lipinski definition) is 0. The SMILES string of the molecule is CC.CCC(C(=O)OC)C(=O)c1ccccc1. The molecule has 0 N–H and O–H groups in total. The van der Waals surface area contributed by atoms with Crippen LogP contribution in [0.4, 0.5) is 0 Å². The second-order valence-electron chi connectivity index (χ2n) is 3.21. The lowest BCUT2D eigenvalue weighted by Gasteiger charge is -2.10. The summed E-state index contributed by atoms with van der Waals surface area (Å²) in [6.45, 7) is 5.79. The maximum absolute atomic E-state index is 11.9. The van der Waals surface area contributed by atoms with Crippen molar-refractivity contribution in [3.8, 4) is 0 Å². The molecule has 0 aliphatic carbocycles. The van der Waals surface area contributed by atoms with Gasteiger partial charge in [-0.2, -0.15) is 0 Å². The number of Topliss-reactive ketones (excluding diaryl/α,β-unsaturated/α-hetero) is 1. The summed E-state index contributed by atoms with van der Waals surface area (Å²) in [4.78, 5) is 23.2. The summed E-state index contributed by atoms with van der Waals surface area (Å²) in [5.41, 5.74) is 0.551. The summed E-state index contributed by atoms with van der Waals surface area (Å²) in [5, 5.41) is 0. The number of ether oxygens (including phenoxy) is 1. The molecule has 0 fully saturated rings. The van der Waals surface area contributed by atoms with Crippen molar-refractivity contribution in [1.29, 1.82) is 0 Å². The first-order valence-electron chi connectivity index (χ1n) is 5.87. The quantitative estimate of drug-likeness (QED) is 0.458. The minimum atomic E-state index is -0.683. The molecule has 0 spiro atoms. The molecule has 0 aliphatic heterocycles. The van der Waals surface area contributed by atoms with Crippen LogP contribution in [0.2, 0.25) is 0 Å². The number of benzene rings is 1. The maximum Gasteiger partial charge on any atom is 0.316 e. The highest BCUT2D eigenvalue weighted by Crippen LogP contribution is 2.13. The van der Waals surface area contributed by atoms with E-state index in [2.05, 4.69) is 4.74 Å². The Hall–Kier alpha value is -1.64. The van der Waals surface area contributed by atoms with E-state index in [9.17, 15) is 9.59 Å². The fourth-order valence-electron chi connectivity index (χ4n) is 1.40. The van der Waals surface area contributed by atoms with Gasteiger partial charge in [0.2, 0.25) is 0 Å². The Labute approximate surface area is 103 Å². The Morgan fingerprint density at radius 3 is 2.12 bits per heavy atom. The van der Waals surface area contributed by atoms with Crippen molar-refractivity contribution in [3.63, 3.8) is 0 Å². The molecular weight excluding hydrogens is 216 g/mol. The molecule has 0 bridgehead atoms. The molecule has 94 valence electrons. The smallest absolute Gasteiger partial charge is 0.316 e. The molecule has 1 aromatic rings. The Bertz CT molecular complexity index is 344. The van der Waals surface area contributed by atoms with Gasteiger partial charge in [0.15, 0.2) is 5.78 Å². The van der Waals surface area contributed by atoms with Gasteiger partial charge in [-0.25, -0.2) is 0 Å². The van der Waals surface area contributed by atoms with Gasteiger partial charge in [-0.1, -0.05) is 51.1 Å². The van der Waals surface area contributed by atoms with E-state index in [1.165, 1.54) is 7.11 Å². The Kier molecular flexibility index (Phi) is 7.68. The molecule has 1 aromatic carbocycles. The Morgan fingerprint density at radius 2 is 1.71 bits per heavy atom. The highest BCUT2D eigenvalue weighted by Gasteiger charge is 2.26. The van der Waals surface area contributed by atoms with Gasteiger partial charge in [0.1, 0.15) is 5.92 Å². The Balaban J connectivity index is 0.00000121. The number of carbonyl (C=O) groups excluding carboxylic acids is 2. The standard InChI is InChI=1S/C12H14O3.C2H6/c1-3-10(12(14)15-2)11(13)9-7-5-4-6-8-9;1-2/h4-8,10H,3H2,1-2H3;1-2H3. The van der Waals surface area contributed by atoms with Gasteiger partial charge in [-0.15, -0.1) is 0 Å². The van der Waals surface area contributed by atoms with Crippen molar-refractivity contribution in [1.82, 2.24) is 0 Å². The average Bonchev–Trinajstić information content (AvgIpc) is 2.42. The van der Waals surface area contributed by atoms with Gasteiger partial charge < -0.3 is 4.74 Å². The van der Waals surface area contributed by atoms with Crippen molar-refractivity contribution >= 4 is 11.8 Å². The summed E-state index contributed by atoms with van der Waals surface area (Å²) in [7, 11) is 1.29. The number of carbonyl (C=O) groups is 2. The third-order valence-electron chi connectivity index (χ3n) is 2.27. The lowest BCUT2D eigenvalue weighted by molar-refractivity contribution is -0.143. The van der Waals surface area contributed by atoms with E-state index < -0.39 is 11.9 Å². The Morgan fingerprint density at radius 1 is 1.18 bits per heavy atom. The number of esters is 1. The minimum absolute atomic E-state index is 0.176. The second kappa shape index (κ2) is 8.50. The number of ketones is 1. The minimum Gasteiger partial charge on any atom is -0.468 e. The van der Waals surface area contributed by atoms with E-state index in [1.807, 2.05) is 19.9 Å². The van der Waals surface area contributed by atoms with E-state index in [4.69, 9.17) is 0 Å². The molecule has 0 aromatic heterocycles. The summed E-state index contributed by atoms with van der Waals surface area (Å²) in [6.07, 6.45) is 0.459. The van der Waals surface area contributed by atoms with Gasteiger partial charge in [-0.05, 0) is 6.42 Å². The molecular formula is C14H20O3. The first kappa shape index (κ1) is 15.4. The van der Waals surface area contributed by atoms with Crippen molar-refractivity contribution in [2.45, 2.75) is 27.2 Å². The molecule has 0 amide bonds. The topological polar surface area (TPSA) is 43.4 Å². The van der Waals surface area contributed by atoms with E-state index >= 15 is 0 Å². The van der Waals surface area contributed by atoms with Crippen LogP contribution in [-0.2, 0) is 9.53 Å². The summed E-state index contributed by atoms with van der Waals surface area (Å²) < 4.78 is 4.59. The van der Waals surface area contributed by atoms with Crippen molar-refractivity contribution < 1.29 is 14.3 Å². The van der Waals surface area contributed by atoms with Gasteiger partial charge in [0, 0.05) is 5.56 Å². The molecule has 0 radical (unpaired) electrons. The molecule has 1 atom stereocenters. The third kappa shape index (κ3) is 4.39. The molecule has 0 heterocycles. The molecule has 3 nitrogen and oxygen atoms in total. The summed E-state index contributed by atoms with van der Waals surface area (Å²) >= 11 is 0. The zero-order valence-corrected chi connectivity index (χ0v) is 10.9. The van der Waals surface area contributed by atoms with Crippen LogP contribution in [0.1, 0.15) is 37.6 Å². The fourth-order valence-corrected chi connectivity index (χ4v) is 1.40. The molecule has 0 aliphatic rings. The van der Waals surface area contributed by atoms with Crippen LogP contribution in [0.3, 0.4) is 0 Å². The van der Waals surface area contributed by atoms with Gasteiger partial charge in [0.05, 0.1) is 7.11 Å². The van der Waals surface area contributed by atoms with Crippen LogP contribution in [0.25, 0.3) is 0 Å². The molecule has 0 saturated heterocycles. The van der Waals surface area contributed by atoms with E-state index in [0.29, 0.717) is 12.0 Å². The molecule has 1 unspecified atom stereocenters. The van der Waals surface area contributed by atoms with Crippen LogP contribution in [0.5, 0.6) is 0 Å². The molecule has 17 heavy (non-hydrogen) atoms. The van der Waals surface area contributed by atoms with E-state index in [0.717, 1.165) is 0 Å². The van der Waals surface area contributed by atoms with Crippen molar-refractivity contribution in [2.75, 3.05) is 7.11 Å². The summed E-state index contributed by atoms with van der Waals surface area (Å²) in [6, 6.07) is 8.78. The number of hydrogen-bond acceptors (Lipinski definition) is 3. The third-order valence-corrected chi connectivity index (χ3v) is 2.27. The van der Waals surface area contributed by atoms with Crippen LogP contribution in [-0.4, -0.2) is 18.9 Å². The second-order valence-corrected chi connectivity index (χ2v) is 3.21. The van der Waals surface area contributed by atoms with Crippen LogP contribution >= 0.6 is 0 Å². The monoisotopic (exact) mass is 236 g/mol. The predicted octanol–water partition coefficient (Wildman–Crippen LogP) is 3.09. The van der Waals surface area contributed by atoms with E-state index in [1.54, 1.807) is 31.2 Å². The average molecular weight is 236 g/mol. The number of rotatable bonds is 4. The molecule has 3 heteroatoms. The highest BCUT2D eigenvalue weighted by atomic mass is 16.5. The van der Waals surface area contributed by atoms with Crippen LogP contribution in [0, 0.1) is 5.92 Å². The maximum atomic E-state index is 11.9. The highest BCUT2D eigenvalue weighted by molar-refractivity contribution is 6.08. The normalized spacial score (nSPS) is 10.8. The first-order valence-corrected chi connectivity index (χ1v) is 5.87. The first-order chi connectivity index (χ1) is 8.20. The molecule has 0 saturated carbocycles. The lowest BCUT2D eigenvalue weighted by Crippen LogP contribution is -2.24. The zero-order chi connectivity index (χ0) is 13.3. The number of methoxy groups -OCH3 is 1. The van der Waals surface area contributed by atoms with Gasteiger partial charge >= 0.3 is 5.97 Å². The van der Waals surface area contributed by atoms with Crippen LogP contribution in [0.15, 0.2) is 30.3 Å². The molecule has 1 rings (SSSR count). The van der Waals surface area contributed by atoms with Crippen LogP contribution < -0.4 is 0 Å². The zero-order valence-electron chi connectivity index (χ0n) is 10.9.